The van der Waals surface area contributed by atoms with Crippen LogP contribution in [0.4, 0.5) is 13.2 Å². The highest BCUT2D eigenvalue weighted by Gasteiger charge is 2.52. The smallest absolute Gasteiger partial charge is 0.406 e. The van der Waals surface area contributed by atoms with Crippen molar-refractivity contribution in [1.82, 2.24) is 20.1 Å². The number of amides is 3. The van der Waals surface area contributed by atoms with Crippen LogP contribution in [0.3, 0.4) is 0 Å². The first-order valence-corrected chi connectivity index (χ1v) is 11.8. The summed E-state index contributed by atoms with van der Waals surface area (Å²) >= 11 is 0. The molecule has 3 heterocycles. The van der Waals surface area contributed by atoms with E-state index in [9.17, 15) is 32.3 Å². The second-order valence-electron chi connectivity index (χ2n) is 8.83. The van der Waals surface area contributed by atoms with Crippen LogP contribution in [-0.2, 0) is 9.59 Å². The van der Waals surface area contributed by atoms with Crippen molar-refractivity contribution in [1.29, 1.82) is 0 Å². The van der Waals surface area contributed by atoms with Crippen molar-refractivity contribution in [3.8, 4) is 5.75 Å². The number of carbonyl (C=O) groups is 4. The second kappa shape index (κ2) is 10.6. The van der Waals surface area contributed by atoms with Gasteiger partial charge in [-0.1, -0.05) is 19.4 Å². The molecule has 0 spiro atoms. The van der Waals surface area contributed by atoms with E-state index < -0.39 is 42.1 Å². The van der Waals surface area contributed by atoms with Crippen LogP contribution >= 0.6 is 0 Å². The monoisotopic (exact) mass is 518 g/mol. The van der Waals surface area contributed by atoms with Gasteiger partial charge in [-0.15, -0.1) is 13.2 Å². The largest absolute Gasteiger partial charge is 0.573 e. The molecule has 0 saturated carbocycles. The van der Waals surface area contributed by atoms with E-state index in [4.69, 9.17) is 0 Å². The highest BCUT2D eigenvalue weighted by atomic mass is 19.4. The minimum Gasteiger partial charge on any atom is -0.406 e. The molecular weight excluding hydrogens is 493 g/mol. The molecular formula is C25H25F3N4O5. The van der Waals surface area contributed by atoms with Gasteiger partial charge >= 0.3 is 6.36 Å². The van der Waals surface area contributed by atoms with E-state index in [-0.39, 0.29) is 36.0 Å². The summed E-state index contributed by atoms with van der Waals surface area (Å²) < 4.78 is 40.9. The van der Waals surface area contributed by atoms with Crippen molar-refractivity contribution in [2.45, 2.75) is 50.7 Å². The zero-order valence-corrected chi connectivity index (χ0v) is 19.9. The zero-order valence-electron chi connectivity index (χ0n) is 19.9. The van der Waals surface area contributed by atoms with E-state index in [0.717, 1.165) is 24.3 Å². The van der Waals surface area contributed by atoms with Crippen LogP contribution in [0.2, 0.25) is 0 Å². The summed E-state index contributed by atoms with van der Waals surface area (Å²) in [6.45, 7) is 1.94. The Morgan fingerprint density at radius 3 is 2.49 bits per heavy atom. The molecule has 9 nitrogen and oxygen atoms in total. The Morgan fingerprint density at radius 1 is 1.14 bits per heavy atom. The van der Waals surface area contributed by atoms with Gasteiger partial charge in [0.25, 0.3) is 11.8 Å². The molecule has 1 aromatic carbocycles. The minimum absolute atomic E-state index is 0.0480. The van der Waals surface area contributed by atoms with Crippen LogP contribution < -0.4 is 10.1 Å². The van der Waals surface area contributed by atoms with Gasteiger partial charge in [-0.05, 0) is 49.2 Å². The number of carbonyl (C=O) groups excluding carboxylic acids is 4. The van der Waals surface area contributed by atoms with Crippen molar-refractivity contribution in [2.24, 2.45) is 0 Å². The molecule has 12 heteroatoms. The lowest BCUT2D eigenvalue weighted by molar-refractivity contribution is -0.274. The Hall–Kier alpha value is -3.96. The number of pyridine rings is 1. The third kappa shape index (κ3) is 5.73. The first kappa shape index (κ1) is 26.1. The molecule has 2 fully saturated rings. The maximum Gasteiger partial charge on any atom is 0.573 e. The van der Waals surface area contributed by atoms with Crippen molar-refractivity contribution >= 4 is 23.5 Å². The van der Waals surface area contributed by atoms with E-state index in [1.165, 1.54) is 16.0 Å². The molecule has 0 bridgehead atoms. The fraction of sp³-hybridized carbons (Fsp3) is 0.400. The Kier molecular flexibility index (Phi) is 7.46. The van der Waals surface area contributed by atoms with Gasteiger partial charge in [0.2, 0.25) is 5.91 Å². The van der Waals surface area contributed by atoms with E-state index in [0.29, 0.717) is 19.3 Å². The summed E-state index contributed by atoms with van der Waals surface area (Å²) in [6, 6.07) is 7.02. The van der Waals surface area contributed by atoms with Gasteiger partial charge in [0.15, 0.2) is 5.78 Å². The van der Waals surface area contributed by atoms with Gasteiger partial charge in [0.05, 0.1) is 12.6 Å². The quantitative estimate of drug-likeness (QED) is 0.604. The molecule has 37 heavy (non-hydrogen) atoms. The number of aromatic nitrogens is 1. The Morgan fingerprint density at radius 2 is 1.86 bits per heavy atom. The molecule has 3 atom stereocenters. The van der Waals surface area contributed by atoms with Gasteiger partial charge in [0, 0.05) is 18.3 Å². The molecule has 3 amide bonds. The maximum absolute atomic E-state index is 13.4. The highest BCUT2D eigenvalue weighted by molar-refractivity contribution is 6.03. The van der Waals surface area contributed by atoms with Crippen molar-refractivity contribution in [3.63, 3.8) is 0 Å². The molecule has 2 aromatic rings. The van der Waals surface area contributed by atoms with Gasteiger partial charge in [-0.2, -0.15) is 0 Å². The average molecular weight is 518 g/mol. The number of likely N-dealkylation sites (tertiary alicyclic amines) is 2. The summed E-state index contributed by atoms with van der Waals surface area (Å²) in [6.07, 6.45) is -2.12. The topological polar surface area (TPSA) is 109 Å². The number of rotatable bonds is 7. The number of nitrogens with one attached hydrogen (secondary N) is 1. The first-order chi connectivity index (χ1) is 17.6. The molecule has 1 N–H and O–H groups in total. The van der Waals surface area contributed by atoms with Gasteiger partial charge < -0.3 is 19.9 Å². The molecule has 0 aliphatic carbocycles. The molecule has 3 unspecified atom stereocenters. The Balaban J connectivity index is 1.45. The van der Waals surface area contributed by atoms with Crippen LogP contribution in [0.15, 0.2) is 48.7 Å². The lowest BCUT2D eigenvalue weighted by Gasteiger charge is -2.28. The Labute approximate surface area is 210 Å². The van der Waals surface area contributed by atoms with Crippen LogP contribution in [0.5, 0.6) is 5.75 Å². The van der Waals surface area contributed by atoms with Crippen molar-refractivity contribution in [3.05, 3.63) is 59.9 Å². The third-order valence-corrected chi connectivity index (χ3v) is 6.38. The number of nitrogens with zero attached hydrogens (tertiary/aromatic N) is 3. The van der Waals surface area contributed by atoms with Crippen LogP contribution in [-0.4, -0.2) is 75.9 Å². The van der Waals surface area contributed by atoms with Crippen LogP contribution in [0.25, 0.3) is 0 Å². The summed E-state index contributed by atoms with van der Waals surface area (Å²) in [5.74, 6) is -2.21. The fourth-order valence-electron chi connectivity index (χ4n) is 4.77. The lowest BCUT2D eigenvalue weighted by atomic mass is 10.1. The number of hydrogen-bond acceptors (Lipinski definition) is 6. The number of alkyl halides is 3. The third-order valence-electron chi connectivity index (χ3n) is 6.38. The molecule has 196 valence electrons. The van der Waals surface area contributed by atoms with Gasteiger partial charge in [-0.3, -0.25) is 24.2 Å². The average Bonchev–Trinajstić information content (AvgIpc) is 3.44. The molecule has 0 radical (unpaired) electrons. The van der Waals surface area contributed by atoms with E-state index in [2.05, 4.69) is 15.0 Å². The summed E-state index contributed by atoms with van der Waals surface area (Å²) in [4.78, 5) is 58.9. The van der Waals surface area contributed by atoms with E-state index in [1.807, 2.05) is 6.92 Å². The SMILES string of the molecule is CCCC(NC(=O)c1ccc(OC(F)(F)F)cc1)C(=O)N1CCC2C1C(=O)CN2C(=O)c1ccccn1. The Bertz CT molecular complexity index is 1170. The summed E-state index contributed by atoms with van der Waals surface area (Å²) in [5.41, 5.74) is 0.260. The predicted octanol–water partition coefficient (Wildman–Crippen LogP) is 2.57. The predicted molar refractivity (Wildman–Crippen MR) is 123 cm³/mol. The second-order valence-corrected chi connectivity index (χ2v) is 8.83. The number of halogens is 3. The van der Waals surface area contributed by atoms with Crippen LogP contribution in [0.1, 0.15) is 47.0 Å². The standard InChI is InChI=1S/C25H25F3N4O5/c1-2-5-18(30-22(34)15-7-9-16(10-8-15)37-25(26,27)28)24(36)31-13-11-19-21(31)20(33)14-32(19)23(35)17-6-3-4-12-29-17/h3-4,6-10,12,18-19,21H,2,5,11,13-14H2,1H3,(H,30,34). The van der Waals surface area contributed by atoms with E-state index in [1.54, 1.807) is 18.2 Å². The maximum atomic E-state index is 13.4. The van der Waals surface area contributed by atoms with Crippen molar-refractivity contribution < 1.29 is 37.1 Å². The number of fused-ring (bicyclic) bond motifs is 1. The highest BCUT2D eigenvalue weighted by Crippen LogP contribution is 2.31. The first-order valence-electron chi connectivity index (χ1n) is 11.8. The summed E-state index contributed by atoms with van der Waals surface area (Å²) in [5, 5.41) is 2.64. The molecule has 2 saturated heterocycles. The molecule has 2 aliphatic heterocycles. The van der Waals surface area contributed by atoms with Crippen LogP contribution in [0, 0.1) is 0 Å². The van der Waals surface area contributed by atoms with Gasteiger partial charge in [0.1, 0.15) is 23.5 Å². The number of benzene rings is 1. The fourth-order valence-corrected chi connectivity index (χ4v) is 4.77. The number of Topliss-reactive ketones (excluding diaryl/α,β-unsaturated/α-hetero) is 1. The minimum atomic E-state index is -4.86. The normalized spacial score (nSPS) is 19.9. The zero-order chi connectivity index (χ0) is 26.7. The van der Waals surface area contributed by atoms with E-state index >= 15 is 0 Å². The van der Waals surface area contributed by atoms with Crippen molar-refractivity contribution in [2.75, 3.05) is 13.1 Å². The molecule has 4 rings (SSSR count). The molecule has 1 aromatic heterocycles. The molecule has 2 aliphatic rings. The number of hydrogen-bond donors (Lipinski definition) is 1. The van der Waals surface area contributed by atoms with Gasteiger partial charge in [-0.25, -0.2) is 0 Å². The number of ketones is 1. The number of ether oxygens (including phenoxy) is 1. The lowest BCUT2D eigenvalue weighted by Crippen LogP contribution is -2.52. The summed E-state index contributed by atoms with van der Waals surface area (Å²) in [7, 11) is 0.